The Labute approximate surface area is 109 Å². The zero-order valence-electron chi connectivity index (χ0n) is 11.4. The van der Waals surface area contributed by atoms with E-state index in [-0.39, 0.29) is 5.41 Å². The Bertz CT molecular complexity index is 278. The van der Waals surface area contributed by atoms with E-state index < -0.39 is 5.60 Å². The molecule has 17 heavy (non-hydrogen) atoms. The van der Waals surface area contributed by atoms with Gasteiger partial charge in [0, 0.05) is 30.0 Å². The Morgan fingerprint density at radius 2 is 1.82 bits per heavy atom. The van der Waals surface area contributed by atoms with Crippen LogP contribution in [0.3, 0.4) is 0 Å². The highest BCUT2D eigenvalue weighted by Gasteiger charge is 2.34. The second-order valence-corrected chi connectivity index (χ2v) is 6.94. The molecule has 100 valence electrons. The number of hydrogen-bond donors (Lipinski definition) is 2. The molecule has 0 radical (unpaired) electrons. The third-order valence-electron chi connectivity index (χ3n) is 3.63. The van der Waals surface area contributed by atoms with Gasteiger partial charge in [-0.05, 0) is 13.8 Å². The van der Waals surface area contributed by atoms with E-state index in [1.807, 2.05) is 39.5 Å². The summed E-state index contributed by atoms with van der Waals surface area (Å²) in [5.74, 6) is 2.85. The SMILES string of the molecule is CC(C)(O)C(C)(C)CN=C(N)N1CCSCC1. The maximum absolute atomic E-state index is 10.0. The lowest BCUT2D eigenvalue weighted by Crippen LogP contribution is -2.45. The molecule has 1 heterocycles. The number of thioether (sulfide) groups is 1. The number of aliphatic hydroxyl groups is 1. The van der Waals surface area contributed by atoms with Crippen molar-refractivity contribution < 1.29 is 5.11 Å². The average Bonchev–Trinajstić information content (AvgIpc) is 2.25. The monoisotopic (exact) mass is 259 g/mol. The molecule has 0 atom stereocenters. The van der Waals surface area contributed by atoms with Gasteiger partial charge in [0.25, 0.3) is 0 Å². The highest BCUT2D eigenvalue weighted by atomic mass is 32.2. The van der Waals surface area contributed by atoms with E-state index in [1.165, 1.54) is 0 Å². The fraction of sp³-hybridized carbons (Fsp3) is 0.917. The molecule has 5 heteroatoms. The predicted molar refractivity (Wildman–Crippen MR) is 75.5 cm³/mol. The van der Waals surface area contributed by atoms with Crippen molar-refractivity contribution in [2.24, 2.45) is 16.1 Å². The summed E-state index contributed by atoms with van der Waals surface area (Å²) < 4.78 is 0. The van der Waals surface area contributed by atoms with Crippen LogP contribution in [0.5, 0.6) is 0 Å². The van der Waals surface area contributed by atoms with Crippen molar-refractivity contribution in [2.75, 3.05) is 31.1 Å². The summed E-state index contributed by atoms with van der Waals surface area (Å²) in [5, 5.41) is 10.0. The summed E-state index contributed by atoms with van der Waals surface area (Å²) in [4.78, 5) is 6.56. The molecule has 0 amide bonds. The van der Waals surface area contributed by atoms with Crippen LogP contribution >= 0.6 is 11.8 Å². The number of nitrogens with zero attached hydrogens (tertiary/aromatic N) is 2. The highest BCUT2D eigenvalue weighted by Crippen LogP contribution is 2.30. The molecule has 0 saturated carbocycles. The predicted octanol–water partition coefficient (Wildman–Crippen LogP) is 1.15. The molecular weight excluding hydrogens is 234 g/mol. The standard InChI is InChI=1S/C12H25N3OS/c1-11(2,12(3,4)16)9-14-10(13)15-5-7-17-8-6-15/h16H,5-9H2,1-4H3,(H2,13,14). The highest BCUT2D eigenvalue weighted by molar-refractivity contribution is 7.99. The van der Waals surface area contributed by atoms with E-state index in [0.29, 0.717) is 12.5 Å². The Morgan fingerprint density at radius 1 is 1.29 bits per heavy atom. The summed E-state index contributed by atoms with van der Waals surface area (Å²) in [7, 11) is 0. The maximum Gasteiger partial charge on any atom is 0.191 e. The number of hydrogen-bond acceptors (Lipinski definition) is 3. The van der Waals surface area contributed by atoms with Crippen LogP contribution in [-0.2, 0) is 0 Å². The average molecular weight is 259 g/mol. The van der Waals surface area contributed by atoms with Gasteiger partial charge in [-0.3, -0.25) is 4.99 Å². The van der Waals surface area contributed by atoms with Gasteiger partial charge >= 0.3 is 0 Å². The largest absolute Gasteiger partial charge is 0.390 e. The summed E-state index contributed by atoms with van der Waals surface area (Å²) in [5.41, 5.74) is 4.95. The summed E-state index contributed by atoms with van der Waals surface area (Å²) in [6.45, 7) is 10.1. The molecule has 0 aromatic carbocycles. The zero-order valence-corrected chi connectivity index (χ0v) is 12.2. The minimum absolute atomic E-state index is 0.276. The topological polar surface area (TPSA) is 61.9 Å². The van der Waals surface area contributed by atoms with Gasteiger partial charge in [-0.2, -0.15) is 11.8 Å². The molecule has 1 aliphatic rings. The van der Waals surface area contributed by atoms with E-state index in [2.05, 4.69) is 9.89 Å². The van der Waals surface area contributed by atoms with Crippen LogP contribution in [0.4, 0.5) is 0 Å². The lowest BCUT2D eigenvalue weighted by molar-refractivity contribution is -0.0291. The van der Waals surface area contributed by atoms with Crippen molar-refractivity contribution in [1.29, 1.82) is 0 Å². The summed E-state index contributed by atoms with van der Waals surface area (Å²) in [6, 6.07) is 0. The molecule has 0 aromatic rings. The van der Waals surface area contributed by atoms with Crippen LogP contribution in [0.15, 0.2) is 4.99 Å². The van der Waals surface area contributed by atoms with Crippen LogP contribution in [0, 0.1) is 5.41 Å². The van der Waals surface area contributed by atoms with Crippen LogP contribution in [0.25, 0.3) is 0 Å². The van der Waals surface area contributed by atoms with Crippen molar-refractivity contribution >= 4 is 17.7 Å². The normalized spacial score (nSPS) is 19.6. The number of nitrogens with two attached hydrogens (primary N) is 1. The lowest BCUT2D eigenvalue weighted by Gasteiger charge is -2.36. The molecule has 0 aromatic heterocycles. The first-order chi connectivity index (χ1) is 7.74. The Morgan fingerprint density at radius 3 is 2.29 bits per heavy atom. The number of rotatable bonds is 3. The number of guanidine groups is 1. The van der Waals surface area contributed by atoms with E-state index in [9.17, 15) is 5.11 Å². The van der Waals surface area contributed by atoms with Crippen molar-refractivity contribution in [1.82, 2.24) is 4.90 Å². The molecule has 1 rings (SSSR count). The Kier molecular flexibility index (Phi) is 4.72. The van der Waals surface area contributed by atoms with E-state index in [0.717, 1.165) is 24.6 Å². The molecule has 4 nitrogen and oxygen atoms in total. The fourth-order valence-electron chi connectivity index (χ4n) is 1.36. The molecule has 1 aliphatic heterocycles. The quantitative estimate of drug-likeness (QED) is 0.589. The smallest absolute Gasteiger partial charge is 0.191 e. The molecule has 1 fully saturated rings. The van der Waals surface area contributed by atoms with E-state index in [4.69, 9.17) is 5.73 Å². The molecular formula is C12H25N3OS. The van der Waals surface area contributed by atoms with Gasteiger partial charge in [-0.1, -0.05) is 13.8 Å². The first kappa shape index (κ1) is 14.6. The van der Waals surface area contributed by atoms with Crippen molar-refractivity contribution in [3.63, 3.8) is 0 Å². The van der Waals surface area contributed by atoms with Gasteiger partial charge in [-0.15, -0.1) is 0 Å². The Balaban J connectivity index is 2.57. The molecule has 0 spiro atoms. The van der Waals surface area contributed by atoms with Crippen LogP contribution in [0.2, 0.25) is 0 Å². The minimum Gasteiger partial charge on any atom is -0.390 e. The van der Waals surface area contributed by atoms with Gasteiger partial charge in [-0.25, -0.2) is 0 Å². The van der Waals surface area contributed by atoms with Crippen LogP contribution in [-0.4, -0.2) is 52.7 Å². The van der Waals surface area contributed by atoms with Gasteiger partial charge < -0.3 is 15.7 Å². The number of aliphatic imine (C=N–C) groups is 1. The summed E-state index contributed by atoms with van der Waals surface area (Å²) in [6.07, 6.45) is 0. The van der Waals surface area contributed by atoms with Crippen molar-refractivity contribution in [2.45, 2.75) is 33.3 Å². The lowest BCUT2D eigenvalue weighted by atomic mass is 9.77. The van der Waals surface area contributed by atoms with Gasteiger partial charge in [0.1, 0.15) is 0 Å². The van der Waals surface area contributed by atoms with Crippen molar-refractivity contribution in [3.8, 4) is 0 Å². The first-order valence-electron chi connectivity index (χ1n) is 6.09. The van der Waals surface area contributed by atoms with Gasteiger partial charge in [0.15, 0.2) is 5.96 Å². The molecule has 0 unspecified atom stereocenters. The van der Waals surface area contributed by atoms with Crippen LogP contribution < -0.4 is 5.73 Å². The third-order valence-corrected chi connectivity index (χ3v) is 4.57. The first-order valence-corrected chi connectivity index (χ1v) is 7.24. The van der Waals surface area contributed by atoms with E-state index >= 15 is 0 Å². The van der Waals surface area contributed by atoms with Crippen LogP contribution in [0.1, 0.15) is 27.7 Å². The molecule has 3 N–H and O–H groups in total. The zero-order chi connectivity index (χ0) is 13.1. The molecule has 1 saturated heterocycles. The fourth-order valence-corrected chi connectivity index (χ4v) is 2.27. The molecule has 0 aliphatic carbocycles. The van der Waals surface area contributed by atoms with E-state index in [1.54, 1.807) is 0 Å². The maximum atomic E-state index is 10.0. The third kappa shape index (κ3) is 4.07. The summed E-state index contributed by atoms with van der Waals surface area (Å²) >= 11 is 1.95. The van der Waals surface area contributed by atoms with Crippen molar-refractivity contribution in [3.05, 3.63) is 0 Å². The Hall–Kier alpha value is -0.420. The van der Waals surface area contributed by atoms with Gasteiger partial charge in [0.05, 0.1) is 12.1 Å². The minimum atomic E-state index is -0.755. The second-order valence-electron chi connectivity index (χ2n) is 5.72. The second kappa shape index (κ2) is 5.48. The van der Waals surface area contributed by atoms with Gasteiger partial charge in [0.2, 0.25) is 0 Å². The molecule has 0 bridgehead atoms.